The topological polar surface area (TPSA) is 75.3 Å². The minimum absolute atomic E-state index is 0.0852. The van der Waals surface area contributed by atoms with Crippen molar-refractivity contribution < 1.29 is 13.2 Å². The molecule has 2 N–H and O–H groups in total. The maximum Gasteiger partial charge on any atom is 0.261 e. The average molecular weight is 495 g/mol. The summed E-state index contributed by atoms with van der Waals surface area (Å²) in [6.07, 6.45) is 0. The molecule has 3 aromatic carbocycles. The van der Waals surface area contributed by atoms with Crippen molar-refractivity contribution in [1.82, 2.24) is 0 Å². The summed E-state index contributed by atoms with van der Waals surface area (Å²) in [6, 6.07) is 18.5. The predicted octanol–water partition coefficient (Wildman–Crippen LogP) is 5.97. The molecule has 5 nitrogen and oxygen atoms in total. The number of nitrogens with one attached hydrogen (secondary N) is 2. The lowest BCUT2D eigenvalue weighted by Gasteiger charge is -2.12. The van der Waals surface area contributed by atoms with Crippen molar-refractivity contribution in [2.45, 2.75) is 17.6 Å². The number of carbonyl (C=O) groups is 1. The van der Waals surface area contributed by atoms with Gasteiger partial charge in [0.25, 0.3) is 10.0 Å². The Hall–Kier alpha value is -2.19. The number of hydrogen-bond acceptors (Lipinski definition) is 4. The predicted molar refractivity (Wildman–Crippen MR) is 130 cm³/mol. The molecule has 0 heterocycles. The van der Waals surface area contributed by atoms with Crippen molar-refractivity contribution in [3.8, 4) is 0 Å². The summed E-state index contributed by atoms with van der Waals surface area (Å²) >= 11 is 13.4. The number of hydrogen-bond donors (Lipinski definition) is 2. The first-order valence-corrected chi connectivity index (χ1v) is 12.6. The lowest BCUT2D eigenvalue weighted by atomic mass is 10.2. The second kappa shape index (κ2) is 10.4. The van der Waals surface area contributed by atoms with Gasteiger partial charge in [0.2, 0.25) is 5.91 Å². The number of thioether (sulfide) groups is 1. The van der Waals surface area contributed by atoms with Gasteiger partial charge in [0.05, 0.1) is 16.3 Å². The van der Waals surface area contributed by atoms with E-state index in [1.807, 2.05) is 24.3 Å². The summed E-state index contributed by atoms with van der Waals surface area (Å²) < 4.78 is 27.8. The van der Waals surface area contributed by atoms with Crippen LogP contribution in [0.1, 0.15) is 11.1 Å². The third-order valence-corrected chi connectivity index (χ3v) is 7.42. The van der Waals surface area contributed by atoms with E-state index in [2.05, 4.69) is 10.0 Å². The van der Waals surface area contributed by atoms with E-state index in [9.17, 15) is 13.2 Å². The maximum atomic E-state index is 12.6. The van der Waals surface area contributed by atoms with Gasteiger partial charge in [0, 0.05) is 21.5 Å². The van der Waals surface area contributed by atoms with Crippen molar-refractivity contribution in [2.24, 2.45) is 0 Å². The molecule has 1 amide bonds. The van der Waals surface area contributed by atoms with Crippen LogP contribution in [0.15, 0.2) is 71.6 Å². The van der Waals surface area contributed by atoms with Gasteiger partial charge in [-0.3, -0.25) is 9.52 Å². The Balaban J connectivity index is 1.55. The van der Waals surface area contributed by atoms with Crippen LogP contribution in [-0.4, -0.2) is 20.1 Å². The van der Waals surface area contributed by atoms with Crippen LogP contribution in [0.25, 0.3) is 0 Å². The Bertz CT molecular complexity index is 1170. The minimum atomic E-state index is -3.78. The molecule has 9 heteroatoms. The van der Waals surface area contributed by atoms with E-state index in [1.165, 1.54) is 23.9 Å². The second-order valence-corrected chi connectivity index (χ2v) is 10.2. The van der Waals surface area contributed by atoms with Crippen molar-refractivity contribution in [3.63, 3.8) is 0 Å². The zero-order chi connectivity index (χ0) is 22.4. The average Bonchev–Trinajstić information content (AvgIpc) is 2.73. The normalized spacial score (nSPS) is 11.2. The van der Waals surface area contributed by atoms with Gasteiger partial charge < -0.3 is 5.32 Å². The Morgan fingerprint density at radius 2 is 1.65 bits per heavy atom. The van der Waals surface area contributed by atoms with Gasteiger partial charge in [0.1, 0.15) is 0 Å². The Morgan fingerprint density at radius 3 is 2.32 bits per heavy atom. The molecule has 0 fully saturated rings. The van der Waals surface area contributed by atoms with Crippen LogP contribution in [0.5, 0.6) is 0 Å². The molecule has 0 aliphatic carbocycles. The molecule has 0 spiro atoms. The highest BCUT2D eigenvalue weighted by Crippen LogP contribution is 2.26. The number of benzene rings is 3. The lowest BCUT2D eigenvalue weighted by molar-refractivity contribution is -0.113. The van der Waals surface area contributed by atoms with Crippen LogP contribution in [0.3, 0.4) is 0 Å². The summed E-state index contributed by atoms with van der Waals surface area (Å²) in [4.78, 5) is 12.2. The smallest absolute Gasteiger partial charge is 0.261 e. The van der Waals surface area contributed by atoms with Gasteiger partial charge in [-0.1, -0.05) is 41.4 Å². The van der Waals surface area contributed by atoms with Crippen LogP contribution >= 0.6 is 35.0 Å². The number of anilines is 2. The number of sulfonamides is 1. The van der Waals surface area contributed by atoms with E-state index < -0.39 is 10.0 Å². The standard InChI is InChI=1S/C22H20Cl2N2O3S2/c1-15-20(24)3-2-4-21(15)26-31(28,29)19-11-9-18(10-12-19)25-22(27)14-30-13-16-5-7-17(23)8-6-16/h2-12,26H,13-14H2,1H3,(H,25,27). The molecule has 0 aromatic heterocycles. The molecule has 31 heavy (non-hydrogen) atoms. The zero-order valence-electron chi connectivity index (χ0n) is 16.6. The van der Waals surface area contributed by atoms with E-state index >= 15 is 0 Å². The molecule has 0 unspecified atom stereocenters. The number of rotatable bonds is 8. The quantitative estimate of drug-likeness (QED) is 0.404. The molecular formula is C22H20Cl2N2O3S2. The molecule has 0 aliphatic heterocycles. The fraction of sp³-hybridized carbons (Fsp3) is 0.136. The van der Waals surface area contributed by atoms with E-state index in [4.69, 9.17) is 23.2 Å². The Labute approximate surface area is 196 Å². The molecule has 0 atom stereocenters. The van der Waals surface area contributed by atoms with Crippen LogP contribution in [0, 0.1) is 6.92 Å². The largest absolute Gasteiger partial charge is 0.325 e. The molecule has 162 valence electrons. The molecular weight excluding hydrogens is 475 g/mol. The summed E-state index contributed by atoms with van der Waals surface area (Å²) in [5.74, 6) is 0.802. The number of amides is 1. The van der Waals surface area contributed by atoms with E-state index in [0.717, 1.165) is 5.56 Å². The lowest BCUT2D eigenvalue weighted by Crippen LogP contribution is -2.15. The number of halogens is 2. The first kappa shape index (κ1) is 23.5. The first-order valence-electron chi connectivity index (χ1n) is 9.24. The molecule has 3 aromatic rings. The zero-order valence-corrected chi connectivity index (χ0v) is 19.7. The summed E-state index contributed by atoms with van der Waals surface area (Å²) in [5.41, 5.74) is 2.67. The third kappa shape index (κ3) is 6.64. The van der Waals surface area contributed by atoms with Crippen LogP contribution in [0.4, 0.5) is 11.4 Å². The monoisotopic (exact) mass is 494 g/mol. The van der Waals surface area contributed by atoms with Crippen molar-refractivity contribution in [1.29, 1.82) is 0 Å². The molecule has 0 saturated heterocycles. The van der Waals surface area contributed by atoms with Crippen molar-refractivity contribution >= 4 is 62.3 Å². The molecule has 0 radical (unpaired) electrons. The van der Waals surface area contributed by atoms with Gasteiger partial charge in [-0.15, -0.1) is 11.8 Å². The van der Waals surface area contributed by atoms with Gasteiger partial charge in [-0.25, -0.2) is 8.42 Å². The minimum Gasteiger partial charge on any atom is -0.325 e. The Kier molecular flexibility index (Phi) is 7.89. The fourth-order valence-corrected chi connectivity index (χ4v) is 4.89. The van der Waals surface area contributed by atoms with E-state index in [1.54, 1.807) is 37.3 Å². The summed E-state index contributed by atoms with van der Waals surface area (Å²) in [6.45, 7) is 1.74. The van der Waals surface area contributed by atoms with Gasteiger partial charge in [-0.05, 0) is 66.6 Å². The summed E-state index contributed by atoms with van der Waals surface area (Å²) in [7, 11) is -3.78. The maximum absolute atomic E-state index is 12.6. The second-order valence-electron chi connectivity index (χ2n) is 6.71. The summed E-state index contributed by atoms with van der Waals surface area (Å²) in [5, 5.41) is 3.92. The van der Waals surface area contributed by atoms with Crippen molar-refractivity contribution in [3.05, 3.63) is 87.9 Å². The highest BCUT2D eigenvalue weighted by atomic mass is 35.5. The third-order valence-electron chi connectivity index (χ3n) is 4.38. The fourth-order valence-electron chi connectivity index (χ4n) is 2.68. The SMILES string of the molecule is Cc1c(Cl)cccc1NS(=O)(=O)c1ccc(NC(=O)CSCc2ccc(Cl)cc2)cc1. The van der Waals surface area contributed by atoms with Gasteiger partial charge >= 0.3 is 0 Å². The molecule has 0 aliphatic rings. The molecule has 3 rings (SSSR count). The number of carbonyl (C=O) groups excluding carboxylic acids is 1. The van der Waals surface area contributed by atoms with E-state index in [0.29, 0.717) is 32.7 Å². The molecule has 0 saturated carbocycles. The van der Waals surface area contributed by atoms with Gasteiger partial charge in [-0.2, -0.15) is 0 Å². The highest BCUT2D eigenvalue weighted by molar-refractivity contribution is 7.99. The van der Waals surface area contributed by atoms with Crippen LogP contribution in [0.2, 0.25) is 10.0 Å². The highest BCUT2D eigenvalue weighted by Gasteiger charge is 2.16. The first-order chi connectivity index (χ1) is 14.7. The van der Waals surface area contributed by atoms with Crippen LogP contribution in [-0.2, 0) is 20.6 Å². The molecule has 0 bridgehead atoms. The van der Waals surface area contributed by atoms with Crippen LogP contribution < -0.4 is 10.0 Å². The van der Waals surface area contributed by atoms with Gasteiger partial charge in [0.15, 0.2) is 0 Å². The van der Waals surface area contributed by atoms with E-state index in [-0.39, 0.29) is 16.6 Å². The van der Waals surface area contributed by atoms with Crippen molar-refractivity contribution in [2.75, 3.05) is 15.8 Å². The Morgan fingerprint density at radius 1 is 0.968 bits per heavy atom.